The fraction of sp³-hybridized carbons (Fsp3) is 0.381. The fourth-order valence-electron chi connectivity index (χ4n) is 4.49. The second-order valence-corrected chi connectivity index (χ2v) is 10.8. The molecule has 2 aliphatic heterocycles. The lowest BCUT2D eigenvalue weighted by Gasteiger charge is -2.34. The summed E-state index contributed by atoms with van der Waals surface area (Å²) in [5.41, 5.74) is 2.23. The summed E-state index contributed by atoms with van der Waals surface area (Å²) in [5, 5.41) is -1.40. The van der Waals surface area contributed by atoms with Gasteiger partial charge < -0.3 is 15.4 Å². The van der Waals surface area contributed by atoms with Gasteiger partial charge in [0.1, 0.15) is 29.0 Å². The van der Waals surface area contributed by atoms with Gasteiger partial charge in [0.15, 0.2) is 5.82 Å². The molecule has 0 aliphatic carbocycles. The first kappa shape index (κ1) is 23.8. The van der Waals surface area contributed by atoms with Gasteiger partial charge >= 0.3 is 6.18 Å². The van der Waals surface area contributed by atoms with Crippen molar-refractivity contribution in [1.82, 2.24) is 15.0 Å². The Bertz CT molecular complexity index is 1480. The lowest BCUT2D eigenvalue weighted by atomic mass is 10.0. The van der Waals surface area contributed by atoms with Crippen LogP contribution in [0.4, 0.5) is 29.1 Å². The molecule has 2 N–H and O–H groups in total. The second kappa shape index (κ2) is 8.05. The molecule has 1 saturated heterocycles. The first-order valence-electron chi connectivity index (χ1n) is 10.5. The lowest BCUT2D eigenvalue weighted by molar-refractivity contribution is -0.137. The third-order valence-corrected chi connectivity index (χ3v) is 7.15. The molecular formula is C21H18ClF4N5O3S. The van der Waals surface area contributed by atoms with E-state index in [0.717, 1.165) is 31.2 Å². The summed E-state index contributed by atoms with van der Waals surface area (Å²) in [6.07, 6.45) is -1.73. The van der Waals surface area contributed by atoms with E-state index in [0.29, 0.717) is 13.0 Å². The zero-order valence-electron chi connectivity index (χ0n) is 18.2. The summed E-state index contributed by atoms with van der Waals surface area (Å²) in [5.74, 6) is -1.36. The number of alkyl halides is 3. The van der Waals surface area contributed by atoms with E-state index in [2.05, 4.69) is 15.0 Å². The quantitative estimate of drug-likeness (QED) is 0.297. The van der Waals surface area contributed by atoms with Crippen LogP contribution < -0.4 is 15.4 Å². The zero-order chi connectivity index (χ0) is 25.3. The van der Waals surface area contributed by atoms with E-state index in [1.165, 1.54) is 0 Å². The molecule has 1 aromatic carbocycles. The highest BCUT2D eigenvalue weighted by Gasteiger charge is 2.39. The minimum Gasteiger partial charge on any atom is -0.475 e. The number of piperidine rings is 1. The van der Waals surface area contributed by atoms with Crippen LogP contribution in [0, 0.1) is 5.82 Å². The number of nitrogen functional groups attached to an aromatic ring is 1. The van der Waals surface area contributed by atoms with Crippen molar-refractivity contribution < 1.29 is 30.7 Å². The van der Waals surface area contributed by atoms with Crippen molar-refractivity contribution in [1.29, 1.82) is 0 Å². The lowest BCUT2D eigenvalue weighted by Crippen LogP contribution is -2.43. The Kier molecular flexibility index (Phi) is 5.47. The first-order chi connectivity index (χ1) is 16.4. The summed E-state index contributed by atoms with van der Waals surface area (Å²) < 4.78 is 88.2. The van der Waals surface area contributed by atoms with Gasteiger partial charge in [-0.3, -0.25) is 0 Å². The topological polar surface area (TPSA) is 111 Å². The Hall–Kier alpha value is -2.93. The van der Waals surface area contributed by atoms with Crippen LogP contribution in [-0.4, -0.2) is 48.8 Å². The average Bonchev–Trinajstić information content (AvgIpc) is 2.91. The largest absolute Gasteiger partial charge is 0.475 e. The average molecular weight is 532 g/mol. The van der Waals surface area contributed by atoms with Crippen LogP contribution in [-0.2, 0) is 16.0 Å². The molecule has 2 aliphatic rings. The third kappa shape index (κ3) is 3.99. The molecule has 1 atom stereocenters. The van der Waals surface area contributed by atoms with E-state index in [4.69, 9.17) is 22.1 Å². The van der Waals surface area contributed by atoms with E-state index in [9.17, 15) is 21.6 Å². The van der Waals surface area contributed by atoms with E-state index < -0.39 is 54.3 Å². The Balaban J connectivity index is 1.89. The highest BCUT2D eigenvalue weighted by molar-refractivity contribution is 7.90. The van der Waals surface area contributed by atoms with Crippen molar-refractivity contribution in [3.05, 3.63) is 28.5 Å². The number of nitrogens with zero attached hydrogens (tertiary/aromatic N) is 4. The summed E-state index contributed by atoms with van der Waals surface area (Å²) in [7, 11) is -4.00. The van der Waals surface area contributed by atoms with Gasteiger partial charge in [-0.1, -0.05) is 11.6 Å². The van der Waals surface area contributed by atoms with E-state index >= 15 is 4.39 Å². The van der Waals surface area contributed by atoms with Crippen molar-refractivity contribution in [2.75, 3.05) is 30.0 Å². The molecule has 5 rings (SSSR count). The number of benzene rings is 1. The number of sulfone groups is 1. The molecule has 4 heterocycles. The van der Waals surface area contributed by atoms with Crippen LogP contribution in [0.15, 0.2) is 17.3 Å². The summed E-state index contributed by atoms with van der Waals surface area (Å²) in [6, 6.07) is 1.60. The smallest absolute Gasteiger partial charge is 0.418 e. The van der Waals surface area contributed by atoms with Crippen LogP contribution in [0.3, 0.4) is 0 Å². The van der Waals surface area contributed by atoms with Gasteiger partial charge in [0.05, 0.1) is 16.6 Å². The molecule has 35 heavy (non-hydrogen) atoms. The number of hydrogen-bond donors (Lipinski definition) is 1. The van der Waals surface area contributed by atoms with Crippen LogP contribution in [0.5, 0.6) is 5.88 Å². The zero-order valence-corrected chi connectivity index (χ0v) is 19.7. The second-order valence-electron chi connectivity index (χ2n) is 8.48. The highest BCUT2D eigenvalue weighted by Crippen LogP contribution is 2.46. The van der Waals surface area contributed by atoms with Crippen molar-refractivity contribution >= 4 is 43.8 Å². The number of rotatable bonds is 2. The fourth-order valence-corrected chi connectivity index (χ4v) is 5.33. The molecule has 0 bridgehead atoms. The van der Waals surface area contributed by atoms with Gasteiger partial charge in [0.2, 0.25) is 20.9 Å². The molecule has 8 nitrogen and oxygen atoms in total. The number of hydrogen-bond acceptors (Lipinski definition) is 8. The molecule has 0 saturated carbocycles. The van der Waals surface area contributed by atoms with Gasteiger partial charge in [0.25, 0.3) is 0 Å². The molecule has 0 amide bonds. The number of halogens is 5. The van der Waals surface area contributed by atoms with Crippen LogP contribution >= 0.6 is 11.6 Å². The maximum atomic E-state index is 16.0. The first-order valence-corrected chi connectivity index (χ1v) is 12.8. The number of pyridine rings is 1. The van der Waals surface area contributed by atoms with Gasteiger partial charge in [-0.25, -0.2) is 27.8 Å². The third-order valence-electron chi connectivity index (χ3n) is 6.01. The maximum absolute atomic E-state index is 16.0. The maximum Gasteiger partial charge on any atom is 0.418 e. The van der Waals surface area contributed by atoms with Crippen molar-refractivity contribution in [3.63, 3.8) is 0 Å². The predicted octanol–water partition coefficient (Wildman–Crippen LogP) is 4.24. The molecule has 0 radical (unpaired) electrons. The number of fused-ring (bicyclic) bond motifs is 2. The molecule has 1 fully saturated rings. The Labute approximate surface area is 202 Å². The van der Waals surface area contributed by atoms with Crippen LogP contribution in [0.1, 0.15) is 24.8 Å². The molecule has 0 unspecified atom stereocenters. The molecule has 14 heteroatoms. The molecule has 186 valence electrons. The van der Waals surface area contributed by atoms with Gasteiger partial charge in [-0.05, 0) is 31.4 Å². The molecular weight excluding hydrogens is 514 g/mol. The Morgan fingerprint density at radius 3 is 2.63 bits per heavy atom. The van der Waals surface area contributed by atoms with Gasteiger partial charge in [0, 0.05) is 24.1 Å². The van der Waals surface area contributed by atoms with E-state index in [-0.39, 0.29) is 35.4 Å². The van der Waals surface area contributed by atoms with Gasteiger partial charge in [-0.2, -0.15) is 13.2 Å². The standard InChI is InChI=1S/C21H18ClF4N5O3S/c1-35(32,33)20-29-17-13-18(30-20)31-5-3-2-4-10(31)8-34-19(13)28-16(15(17)23)11-6-9(27)7-12(22)14(11)21(24,25)26/h6-7,10H,2-5,8,27H2,1H3/t10-/m0/s1. The number of ether oxygens (including phenoxy) is 1. The Morgan fingerprint density at radius 1 is 1.20 bits per heavy atom. The summed E-state index contributed by atoms with van der Waals surface area (Å²) in [4.78, 5) is 14.0. The normalized spacial score (nSPS) is 18.2. The molecule has 0 spiro atoms. The van der Waals surface area contributed by atoms with Crippen LogP contribution in [0.25, 0.3) is 22.2 Å². The molecule has 2 aromatic heterocycles. The summed E-state index contributed by atoms with van der Waals surface area (Å²) >= 11 is 5.85. The predicted molar refractivity (Wildman–Crippen MR) is 121 cm³/mol. The number of nitrogens with two attached hydrogens (primary N) is 1. The van der Waals surface area contributed by atoms with E-state index in [1.807, 2.05) is 4.90 Å². The van der Waals surface area contributed by atoms with Gasteiger partial charge in [-0.15, -0.1) is 0 Å². The van der Waals surface area contributed by atoms with E-state index in [1.54, 1.807) is 0 Å². The van der Waals surface area contributed by atoms with Crippen molar-refractivity contribution in [2.24, 2.45) is 0 Å². The Morgan fingerprint density at radius 2 is 1.94 bits per heavy atom. The number of aromatic nitrogens is 3. The number of anilines is 2. The molecule has 3 aromatic rings. The minimum absolute atomic E-state index is 0.00777. The van der Waals surface area contributed by atoms with Crippen LogP contribution in [0.2, 0.25) is 5.02 Å². The minimum atomic E-state index is -4.96. The highest BCUT2D eigenvalue weighted by atomic mass is 35.5. The summed E-state index contributed by atoms with van der Waals surface area (Å²) in [6.45, 7) is 0.608. The monoisotopic (exact) mass is 531 g/mol. The van der Waals surface area contributed by atoms with Crippen molar-refractivity contribution in [3.8, 4) is 17.1 Å². The van der Waals surface area contributed by atoms with Crippen molar-refractivity contribution in [2.45, 2.75) is 36.6 Å². The SMILES string of the molecule is CS(=O)(=O)c1nc2c3c(nc(-c4cc(N)cc(Cl)c4C(F)(F)F)c(F)c3n1)OC[C@@H]1CCCCN21.